The first-order valence-electron chi connectivity index (χ1n) is 16.2. The molecule has 1 saturated carbocycles. The number of rotatable bonds is 5. The van der Waals surface area contributed by atoms with Crippen LogP contribution in [0.15, 0.2) is 113 Å². The van der Waals surface area contributed by atoms with Crippen LogP contribution in [-0.2, 0) is 24.6 Å². The number of benzene rings is 4. The monoisotopic (exact) mass is 735 g/mol. The lowest BCUT2D eigenvalue weighted by Gasteiger charge is -2.50. The normalized spacial score (nSPS) is 27.5. The van der Waals surface area contributed by atoms with Gasteiger partial charge in [-0.15, -0.1) is 0 Å². The number of hydrogen-bond donors (Lipinski definition) is 2. The Bertz CT molecular complexity index is 2070. The van der Waals surface area contributed by atoms with Crippen LogP contribution in [0.25, 0.3) is 0 Å². The first kappa shape index (κ1) is 31.5. The molecule has 8 nitrogen and oxygen atoms in total. The lowest BCUT2D eigenvalue weighted by atomic mass is 9.49. The van der Waals surface area contributed by atoms with Gasteiger partial charge in [0.2, 0.25) is 11.8 Å². The summed E-state index contributed by atoms with van der Waals surface area (Å²) in [7, 11) is 0. The Morgan fingerprint density at radius 3 is 2.29 bits per heavy atom. The van der Waals surface area contributed by atoms with E-state index in [0.717, 1.165) is 20.6 Å². The third-order valence-electron chi connectivity index (χ3n) is 10.8. The summed E-state index contributed by atoms with van der Waals surface area (Å²) in [6.07, 6.45) is 2.39. The first-order chi connectivity index (χ1) is 23.6. The number of nitrogens with one attached hydrogen (secondary N) is 1. The van der Waals surface area contributed by atoms with Crippen molar-refractivity contribution in [2.24, 2.45) is 23.7 Å². The Hall–Kier alpha value is -4.73. The maximum Gasteiger partial charge on any atom is 0.260 e. The molecule has 0 aromatic heterocycles. The van der Waals surface area contributed by atoms with Crippen LogP contribution in [-0.4, -0.2) is 33.7 Å². The summed E-state index contributed by atoms with van der Waals surface area (Å²) < 4.78 is 0.818. The van der Waals surface area contributed by atoms with Crippen molar-refractivity contribution < 1.29 is 24.3 Å². The number of amides is 4. The van der Waals surface area contributed by atoms with Crippen LogP contribution in [0, 0.1) is 30.6 Å². The van der Waals surface area contributed by atoms with E-state index in [9.17, 15) is 19.5 Å². The number of phenols is 1. The van der Waals surface area contributed by atoms with Gasteiger partial charge in [-0.05, 0) is 85.8 Å². The predicted molar refractivity (Wildman–Crippen MR) is 189 cm³/mol. The minimum absolute atomic E-state index is 0.0809. The molecule has 4 amide bonds. The highest BCUT2D eigenvalue weighted by molar-refractivity contribution is 9.10. The lowest BCUT2D eigenvalue weighted by molar-refractivity contribution is -0.138. The second-order valence-corrected chi connectivity index (χ2v) is 14.6. The van der Waals surface area contributed by atoms with E-state index in [4.69, 9.17) is 11.6 Å². The Morgan fingerprint density at radius 1 is 0.857 bits per heavy atom. The quantitative estimate of drug-likeness (QED) is 0.165. The van der Waals surface area contributed by atoms with Gasteiger partial charge in [0.15, 0.2) is 0 Å². The molecule has 2 saturated heterocycles. The molecule has 2 aliphatic heterocycles. The Balaban J connectivity index is 1.33. The summed E-state index contributed by atoms with van der Waals surface area (Å²) >= 11 is 10.00. The minimum Gasteiger partial charge on any atom is -0.508 e. The smallest absolute Gasteiger partial charge is 0.260 e. The highest BCUT2D eigenvalue weighted by Crippen LogP contribution is 2.65. The number of aryl methyl sites for hydroxylation is 1. The number of carbonyl (C=O) groups excluding carboxylic acids is 4. The van der Waals surface area contributed by atoms with E-state index in [1.807, 2.05) is 55.5 Å². The number of aromatic hydroxyl groups is 1. The SMILES string of the molecule is Cc1ccc(NN2C(=O)C3CC4C(=CCC5C(=O)N(c6ccc(Br)cc6)C(=O)C54)C(c4cc(Cl)ccc4O)C3(c3ccccc3)C2=O)cc1. The largest absolute Gasteiger partial charge is 0.508 e. The number of carbonyl (C=O) groups is 4. The van der Waals surface area contributed by atoms with Crippen LogP contribution in [0.1, 0.15) is 35.4 Å². The van der Waals surface area contributed by atoms with E-state index in [0.29, 0.717) is 27.5 Å². The molecule has 4 aromatic carbocycles. The first-order valence-corrected chi connectivity index (χ1v) is 17.4. The Morgan fingerprint density at radius 2 is 1.57 bits per heavy atom. The molecule has 2 aliphatic carbocycles. The third-order valence-corrected chi connectivity index (χ3v) is 11.5. The van der Waals surface area contributed by atoms with Crippen LogP contribution >= 0.6 is 27.5 Å². The Labute approximate surface area is 296 Å². The molecule has 4 aliphatic rings. The molecule has 6 unspecified atom stereocenters. The van der Waals surface area contributed by atoms with Gasteiger partial charge >= 0.3 is 0 Å². The Kier molecular flexibility index (Phi) is 7.53. The number of allylic oxidation sites excluding steroid dienone is 2. The third kappa shape index (κ3) is 4.70. The summed E-state index contributed by atoms with van der Waals surface area (Å²) in [6, 6.07) is 28.3. The van der Waals surface area contributed by atoms with Crippen LogP contribution in [0.2, 0.25) is 5.02 Å². The summed E-state index contributed by atoms with van der Waals surface area (Å²) in [4.78, 5) is 59.5. The molecule has 10 heteroatoms. The van der Waals surface area contributed by atoms with Gasteiger partial charge < -0.3 is 5.11 Å². The zero-order valence-corrected chi connectivity index (χ0v) is 28.7. The minimum atomic E-state index is -1.50. The van der Waals surface area contributed by atoms with Gasteiger partial charge in [0, 0.05) is 21.0 Å². The van der Waals surface area contributed by atoms with Gasteiger partial charge in [-0.3, -0.25) is 29.5 Å². The molecule has 0 radical (unpaired) electrons. The van der Waals surface area contributed by atoms with Gasteiger partial charge in [0.05, 0.1) is 34.5 Å². The molecule has 4 aromatic rings. The van der Waals surface area contributed by atoms with Crippen molar-refractivity contribution in [2.45, 2.75) is 31.1 Å². The topological polar surface area (TPSA) is 107 Å². The molecule has 6 atom stereocenters. The average Bonchev–Trinajstić information content (AvgIpc) is 3.48. The van der Waals surface area contributed by atoms with Crippen LogP contribution < -0.4 is 10.3 Å². The second kappa shape index (κ2) is 11.7. The van der Waals surface area contributed by atoms with Crippen LogP contribution in [0.3, 0.4) is 0 Å². The zero-order valence-electron chi connectivity index (χ0n) is 26.3. The van der Waals surface area contributed by atoms with E-state index in [1.54, 1.807) is 48.5 Å². The van der Waals surface area contributed by atoms with Crippen molar-refractivity contribution in [1.29, 1.82) is 0 Å². The van der Waals surface area contributed by atoms with Crippen LogP contribution in [0.4, 0.5) is 11.4 Å². The lowest BCUT2D eigenvalue weighted by Crippen LogP contribution is -2.53. The molecule has 3 fully saturated rings. The summed E-state index contributed by atoms with van der Waals surface area (Å²) in [5, 5.41) is 12.9. The van der Waals surface area contributed by atoms with Crippen molar-refractivity contribution in [3.8, 4) is 5.75 Å². The molecule has 8 rings (SSSR count). The number of hydrogen-bond acceptors (Lipinski definition) is 6. The number of phenolic OH excluding ortho intramolecular Hbond substituents is 1. The van der Waals surface area contributed by atoms with Gasteiger partial charge in [0.25, 0.3) is 11.8 Å². The van der Waals surface area contributed by atoms with Crippen molar-refractivity contribution in [3.63, 3.8) is 0 Å². The molecular weight excluding hydrogens is 706 g/mol. The van der Waals surface area contributed by atoms with Crippen LogP contribution in [0.5, 0.6) is 5.75 Å². The van der Waals surface area contributed by atoms with E-state index >= 15 is 4.79 Å². The number of nitrogens with zero attached hydrogens (tertiary/aromatic N) is 2. The van der Waals surface area contributed by atoms with Crippen molar-refractivity contribution in [3.05, 3.63) is 135 Å². The molecule has 0 bridgehead atoms. The van der Waals surface area contributed by atoms with E-state index in [1.165, 1.54) is 11.0 Å². The molecule has 246 valence electrons. The number of halogens is 2. The van der Waals surface area contributed by atoms with Gasteiger partial charge in [0.1, 0.15) is 5.75 Å². The number of fused-ring (bicyclic) bond motifs is 4. The van der Waals surface area contributed by atoms with Gasteiger partial charge in [-0.2, -0.15) is 5.01 Å². The van der Waals surface area contributed by atoms with Gasteiger partial charge in [-0.1, -0.05) is 87.2 Å². The van der Waals surface area contributed by atoms with Crippen molar-refractivity contribution >= 4 is 62.5 Å². The van der Waals surface area contributed by atoms with Crippen molar-refractivity contribution in [1.82, 2.24) is 5.01 Å². The fourth-order valence-electron chi connectivity index (χ4n) is 8.69. The fraction of sp³-hybridized carbons (Fsp3) is 0.231. The summed E-state index contributed by atoms with van der Waals surface area (Å²) in [6.45, 7) is 1.95. The number of imide groups is 2. The fourth-order valence-corrected chi connectivity index (χ4v) is 9.14. The zero-order chi connectivity index (χ0) is 34.2. The molecule has 2 heterocycles. The highest BCUT2D eigenvalue weighted by atomic mass is 79.9. The summed E-state index contributed by atoms with van der Waals surface area (Å²) in [5.74, 6) is -5.36. The molecule has 49 heavy (non-hydrogen) atoms. The van der Waals surface area contributed by atoms with Crippen molar-refractivity contribution in [2.75, 3.05) is 10.3 Å². The molecule has 0 spiro atoms. The number of anilines is 2. The van der Waals surface area contributed by atoms with E-state index in [-0.39, 0.29) is 30.4 Å². The standard InChI is InChI=1S/C39H31BrClN3O5/c1-21-7-12-25(13-8-21)42-44-36(47)31-20-29-27(16-17-28-33(29)37(48)43(35(28)46)26-14-9-23(40)10-15-26)34(30-19-24(41)11-18-32(30)45)39(31,38(44)49)22-5-3-2-4-6-22/h2-16,18-19,28-29,31,33-34,42,45H,17,20H2,1H3. The summed E-state index contributed by atoms with van der Waals surface area (Å²) in [5.41, 5.74) is 5.40. The van der Waals surface area contributed by atoms with E-state index in [2.05, 4.69) is 21.4 Å². The average molecular weight is 737 g/mol. The molecular formula is C39H31BrClN3O5. The molecule has 2 N–H and O–H groups in total. The van der Waals surface area contributed by atoms with Gasteiger partial charge in [-0.25, -0.2) is 0 Å². The van der Waals surface area contributed by atoms with E-state index < -0.39 is 46.8 Å². The second-order valence-electron chi connectivity index (χ2n) is 13.3. The maximum atomic E-state index is 15.2. The highest BCUT2D eigenvalue weighted by Gasteiger charge is 2.70. The maximum absolute atomic E-state index is 15.2. The number of hydrazine groups is 1. The predicted octanol–water partition coefficient (Wildman–Crippen LogP) is 7.31.